The lowest BCUT2D eigenvalue weighted by Crippen LogP contribution is -2.05. The molecule has 1 aromatic heterocycles. The third-order valence-corrected chi connectivity index (χ3v) is 2.46. The summed E-state index contributed by atoms with van der Waals surface area (Å²) in [5.41, 5.74) is -0.642. The number of non-ortho nitro benzene ring substituents is 1. The summed E-state index contributed by atoms with van der Waals surface area (Å²) >= 11 is 0. The number of hydrogen-bond acceptors (Lipinski definition) is 6. The van der Waals surface area contributed by atoms with Gasteiger partial charge >= 0.3 is 11.8 Å². The first-order chi connectivity index (χ1) is 9.40. The van der Waals surface area contributed by atoms with Crippen LogP contribution in [0.2, 0.25) is 0 Å². The van der Waals surface area contributed by atoms with Gasteiger partial charge in [0.1, 0.15) is 6.20 Å². The quantitative estimate of drug-likeness (QED) is 0.657. The molecule has 0 spiro atoms. The van der Waals surface area contributed by atoms with Crippen LogP contribution in [-0.2, 0) is 0 Å². The van der Waals surface area contributed by atoms with E-state index in [2.05, 4.69) is 4.98 Å². The minimum atomic E-state index is -1.31. The van der Waals surface area contributed by atoms with E-state index < -0.39 is 21.6 Å². The maximum Gasteiger partial charge on any atom is 0.381 e. The Morgan fingerprint density at radius 1 is 1.25 bits per heavy atom. The number of carbonyl (C=O) groups is 1. The fourth-order valence-corrected chi connectivity index (χ4v) is 1.57. The van der Waals surface area contributed by atoms with Crippen molar-refractivity contribution in [3.8, 4) is 5.69 Å². The van der Waals surface area contributed by atoms with Crippen molar-refractivity contribution in [2.75, 3.05) is 0 Å². The standard InChI is InChI=1S/C10H6N4O6/c15-10(16)7-2-1-6(13(17)18)3-8(7)12-4-9(11-5-12)14(19)20/h1-5H,(H,15,16). The van der Waals surface area contributed by atoms with Crippen molar-refractivity contribution in [2.45, 2.75) is 0 Å². The average Bonchev–Trinajstić information content (AvgIpc) is 2.87. The van der Waals surface area contributed by atoms with Gasteiger partial charge in [0.15, 0.2) is 0 Å². The topological polar surface area (TPSA) is 141 Å². The van der Waals surface area contributed by atoms with Crippen LogP contribution >= 0.6 is 0 Å². The molecule has 102 valence electrons. The molecule has 0 radical (unpaired) electrons. The molecular weight excluding hydrogens is 272 g/mol. The number of nitro groups is 2. The molecule has 0 unspecified atom stereocenters. The monoisotopic (exact) mass is 278 g/mol. The van der Waals surface area contributed by atoms with Gasteiger partial charge in [0.05, 0.1) is 16.2 Å². The molecule has 1 aromatic carbocycles. The largest absolute Gasteiger partial charge is 0.478 e. The predicted molar refractivity (Wildman–Crippen MR) is 63.8 cm³/mol. The molecule has 10 nitrogen and oxygen atoms in total. The van der Waals surface area contributed by atoms with Gasteiger partial charge in [-0.05, 0) is 16.0 Å². The number of benzene rings is 1. The second kappa shape index (κ2) is 4.76. The van der Waals surface area contributed by atoms with Crippen LogP contribution in [0.4, 0.5) is 11.5 Å². The number of nitro benzene ring substituents is 1. The van der Waals surface area contributed by atoms with Crippen molar-refractivity contribution in [1.29, 1.82) is 0 Å². The van der Waals surface area contributed by atoms with Crippen molar-refractivity contribution in [3.63, 3.8) is 0 Å². The summed E-state index contributed by atoms with van der Waals surface area (Å²) in [5, 5.41) is 30.3. The average molecular weight is 278 g/mol. The van der Waals surface area contributed by atoms with Crippen LogP contribution in [0.1, 0.15) is 10.4 Å². The highest BCUT2D eigenvalue weighted by Crippen LogP contribution is 2.23. The summed E-state index contributed by atoms with van der Waals surface area (Å²) < 4.78 is 1.05. The van der Waals surface area contributed by atoms with Crippen LogP contribution in [0.3, 0.4) is 0 Å². The van der Waals surface area contributed by atoms with E-state index in [4.69, 9.17) is 5.11 Å². The number of hydrogen-bond donors (Lipinski definition) is 1. The molecule has 0 saturated carbocycles. The highest BCUT2D eigenvalue weighted by molar-refractivity contribution is 5.92. The van der Waals surface area contributed by atoms with E-state index >= 15 is 0 Å². The zero-order valence-electron chi connectivity index (χ0n) is 9.66. The van der Waals surface area contributed by atoms with E-state index in [9.17, 15) is 25.0 Å². The number of rotatable bonds is 4. The molecule has 1 N–H and O–H groups in total. The van der Waals surface area contributed by atoms with Gasteiger partial charge in [-0.25, -0.2) is 4.79 Å². The molecule has 0 atom stereocenters. The van der Waals surface area contributed by atoms with Gasteiger partial charge in [-0.2, -0.15) is 0 Å². The van der Waals surface area contributed by atoms with Gasteiger partial charge in [0.25, 0.3) is 5.69 Å². The smallest absolute Gasteiger partial charge is 0.381 e. The molecule has 0 bridgehead atoms. The van der Waals surface area contributed by atoms with E-state index in [1.54, 1.807) is 0 Å². The number of aromatic nitrogens is 2. The van der Waals surface area contributed by atoms with E-state index in [-0.39, 0.29) is 16.9 Å². The normalized spacial score (nSPS) is 10.2. The van der Waals surface area contributed by atoms with Crippen LogP contribution in [0.15, 0.2) is 30.7 Å². The highest BCUT2D eigenvalue weighted by atomic mass is 16.6. The molecule has 0 aliphatic heterocycles. The Hall–Kier alpha value is -3.30. The maximum absolute atomic E-state index is 11.1. The number of nitrogens with zero attached hydrogens (tertiary/aromatic N) is 4. The molecule has 20 heavy (non-hydrogen) atoms. The summed E-state index contributed by atoms with van der Waals surface area (Å²) in [6.45, 7) is 0. The van der Waals surface area contributed by atoms with Crippen molar-refractivity contribution < 1.29 is 19.7 Å². The lowest BCUT2D eigenvalue weighted by Gasteiger charge is -2.05. The Morgan fingerprint density at radius 3 is 2.45 bits per heavy atom. The number of imidazole rings is 1. The number of carboxylic acid groups (broad SMARTS) is 1. The first kappa shape index (κ1) is 13.1. The van der Waals surface area contributed by atoms with E-state index in [0.717, 1.165) is 35.3 Å². The highest BCUT2D eigenvalue weighted by Gasteiger charge is 2.19. The van der Waals surface area contributed by atoms with Crippen molar-refractivity contribution >= 4 is 17.5 Å². The zero-order chi connectivity index (χ0) is 14.9. The Morgan fingerprint density at radius 2 is 1.95 bits per heavy atom. The predicted octanol–water partition coefficient (Wildman–Crippen LogP) is 1.39. The van der Waals surface area contributed by atoms with Crippen LogP contribution in [-0.4, -0.2) is 30.5 Å². The van der Waals surface area contributed by atoms with Gasteiger partial charge in [0, 0.05) is 12.1 Å². The van der Waals surface area contributed by atoms with Crippen LogP contribution in [0.5, 0.6) is 0 Å². The SMILES string of the molecule is O=C(O)c1ccc([N+](=O)[O-])cc1-n1cnc([N+](=O)[O-])c1. The first-order valence-corrected chi connectivity index (χ1v) is 5.10. The second-order valence-electron chi connectivity index (χ2n) is 3.66. The third-order valence-electron chi connectivity index (χ3n) is 2.46. The van der Waals surface area contributed by atoms with Gasteiger partial charge in [0.2, 0.25) is 6.33 Å². The van der Waals surface area contributed by atoms with Crippen molar-refractivity contribution in [3.05, 3.63) is 56.5 Å². The Labute approximate surface area is 110 Å². The molecule has 1 heterocycles. The molecule has 10 heteroatoms. The van der Waals surface area contributed by atoms with Crippen LogP contribution in [0, 0.1) is 20.2 Å². The lowest BCUT2D eigenvalue weighted by molar-refractivity contribution is -0.389. The zero-order valence-corrected chi connectivity index (χ0v) is 9.66. The summed E-state index contributed by atoms with van der Waals surface area (Å²) in [7, 11) is 0. The summed E-state index contributed by atoms with van der Waals surface area (Å²) in [6, 6.07) is 3.11. The molecule has 2 rings (SSSR count). The molecule has 0 fully saturated rings. The summed E-state index contributed by atoms with van der Waals surface area (Å²) in [6.07, 6.45) is 2.00. The van der Waals surface area contributed by atoms with Gasteiger partial charge in [-0.15, -0.1) is 0 Å². The van der Waals surface area contributed by atoms with Crippen molar-refractivity contribution in [1.82, 2.24) is 9.55 Å². The number of carboxylic acids is 1. The minimum Gasteiger partial charge on any atom is -0.478 e. The summed E-state index contributed by atoms with van der Waals surface area (Å²) in [5.74, 6) is -1.81. The molecular formula is C10H6N4O6. The van der Waals surface area contributed by atoms with Gasteiger partial charge in [-0.3, -0.25) is 14.7 Å². The van der Waals surface area contributed by atoms with Crippen LogP contribution < -0.4 is 0 Å². The van der Waals surface area contributed by atoms with Crippen molar-refractivity contribution in [2.24, 2.45) is 0 Å². The van der Waals surface area contributed by atoms with Crippen LogP contribution in [0.25, 0.3) is 5.69 Å². The Balaban J connectivity index is 2.62. The molecule has 0 aliphatic carbocycles. The summed E-state index contributed by atoms with van der Waals surface area (Å²) in [4.78, 5) is 34.3. The third kappa shape index (κ3) is 2.29. The Bertz CT molecular complexity index is 722. The minimum absolute atomic E-state index is 0.0766. The van der Waals surface area contributed by atoms with E-state index in [1.165, 1.54) is 0 Å². The fraction of sp³-hybridized carbons (Fsp3) is 0. The first-order valence-electron chi connectivity index (χ1n) is 5.10. The Kier molecular flexibility index (Phi) is 3.13. The lowest BCUT2D eigenvalue weighted by atomic mass is 10.1. The van der Waals surface area contributed by atoms with Gasteiger partial charge in [-0.1, -0.05) is 0 Å². The molecule has 0 amide bonds. The fourth-order valence-electron chi connectivity index (χ4n) is 1.57. The second-order valence-corrected chi connectivity index (χ2v) is 3.66. The van der Waals surface area contributed by atoms with Gasteiger partial charge < -0.3 is 15.2 Å². The molecule has 0 saturated heterocycles. The molecule has 2 aromatic rings. The maximum atomic E-state index is 11.1. The van der Waals surface area contributed by atoms with E-state index in [0.29, 0.717) is 0 Å². The molecule has 0 aliphatic rings. The number of aromatic carboxylic acids is 1. The van der Waals surface area contributed by atoms with E-state index in [1.807, 2.05) is 0 Å².